The first-order valence-corrected chi connectivity index (χ1v) is 6.65. The van der Waals surface area contributed by atoms with Crippen LogP contribution in [0.4, 0.5) is 16.2 Å². The SMILES string of the molecule is CCC[C@H](O)C(CO)=Nc1nc(N)nc2cccc(F)c12. The molecular formula is C14H17FN4O2. The molecule has 0 bridgehead atoms. The largest absolute Gasteiger partial charge is 0.390 e. The number of nitrogen functional groups attached to an aromatic ring is 1. The summed E-state index contributed by atoms with van der Waals surface area (Å²) in [6, 6.07) is 4.37. The van der Waals surface area contributed by atoms with Crippen LogP contribution >= 0.6 is 0 Å². The van der Waals surface area contributed by atoms with E-state index < -0.39 is 18.5 Å². The van der Waals surface area contributed by atoms with E-state index in [1.807, 2.05) is 6.92 Å². The Kier molecular flexibility index (Phi) is 4.77. The Labute approximate surface area is 121 Å². The van der Waals surface area contributed by atoms with Crippen molar-refractivity contribution in [2.45, 2.75) is 25.9 Å². The van der Waals surface area contributed by atoms with Crippen LogP contribution in [0.25, 0.3) is 10.9 Å². The van der Waals surface area contributed by atoms with Crippen molar-refractivity contribution in [2.24, 2.45) is 4.99 Å². The molecule has 112 valence electrons. The minimum absolute atomic E-state index is 0.00908. The van der Waals surface area contributed by atoms with Gasteiger partial charge in [-0.3, -0.25) is 0 Å². The molecule has 0 aliphatic carbocycles. The van der Waals surface area contributed by atoms with E-state index in [-0.39, 0.29) is 22.9 Å². The maximum absolute atomic E-state index is 14.0. The molecule has 7 heteroatoms. The van der Waals surface area contributed by atoms with Crippen molar-refractivity contribution in [1.29, 1.82) is 0 Å². The Morgan fingerprint density at radius 2 is 2.19 bits per heavy atom. The van der Waals surface area contributed by atoms with Crippen molar-refractivity contribution < 1.29 is 14.6 Å². The van der Waals surface area contributed by atoms with Gasteiger partial charge in [0.2, 0.25) is 5.95 Å². The molecule has 0 radical (unpaired) electrons. The highest BCUT2D eigenvalue weighted by molar-refractivity contribution is 5.96. The van der Waals surface area contributed by atoms with Gasteiger partial charge in [0, 0.05) is 0 Å². The summed E-state index contributed by atoms with van der Waals surface area (Å²) in [7, 11) is 0. The zero-order valence-corrected chi connectivity index (χ0v) is 11.6. The smallest absolute Gasteiger partial charge is 0.222 e. The zero-order chi connectivity index (χ0) is 15.4. The van der Waals surface area contributed by atoms with Crippen molar-refractivity contribution in [1.82, 2.24) is 9.97 Å². The van der Waals surface area contributed by atoms with E-state index in [1.54, 1.807) is 6.07 Å². The standard InChI is InChI=1S/C14H17FN4O2/c1-2-4-11(21)10(7-20)17-13-12-8(15)5-3-6-9(12)18-14(16)19-13/h3,5-6,11,20-21H,2,4,7H2,1H3,(H2,16,18,19)/t11-/m0/s1. The summed E-state index contributed by atoms with van der Waals surface area (Å²) >= 11 is 0. The number of rotatable bonds is 5. The first kappa shape index (κ1) is 15.3. The highest BCUT2D eigenvalue weighted by Crippen LogP contribution is 2.26. The summed E-state index contributed by atoms with van der Waals surface area (Å²) < 4.78 is 14.0. The van der Waals surface area contributed by atoms with Crippen LogP contribution in [-0.4, -0.2) is 38.6 Å². The summed E-state index contributed by atoms with van der Waals surface area (Å²) in [5.74, 6) is -0.572. The third kappa shape index (κ3) is 3.32. The fraction of sp³-hybridized carbons (Fsp3) is 0.357. The number of anilines is 1. The summed E-state index contributed by atoms with van der Waals surface area (Å²) in [6.45, 7) is 1.46. The normalized spacial score (nSPS) is 13.6. The monoisotopic (exact) mass is 292 g/mol. The number of benzene rings is 1. The Morgan fingerprint density at radius 3 is 2.86 bits per heavy atom. The van der Waals surface area contributed by atoms with Gasteiger partial charge < -0.3 is 15.9 Å². The molecule has 1 heterocycles. The second-order valence-electron chi connectivity index (χ2n) is 4.61. The molecule has 0 saturated heterocycles. The van der Waals surface area contributed by atoms with Gasteiger partial charge in [-0.2, -0.15) is 4.98 Å². The third-order valence-electron chi connectivity index (χ3n) is 3.03. The van der Waals surface area contributed by atoms with E-state index in [2.05, 4.69) is 15.0 Å². The number of hydrogen-bond acceptors (Lipinski definition) is 6. The minimum atomic E-state index is -0.905. The van der Waals surface area contributed by atoms with Crippen molar-refractivity contribution >= 4 is 28.4 Å². The molecule has 1 atom stereocenters. The second-order valence-corrected chi connectivity index (χ2v) is 4.61. The van der Waals surface area contributed by atoms with Crippen molar-refractivity contribution in [3.8, 4) is 0 Å². The molecule has 1 aromatic carbocycles. The van der Waals surface area contributed by atoms with E-state index in [0.29, 0.717) is 11.9 Å². The predicted molar refractivity (Wildman–Crippen MR) is 79.0 cm³/mol. The maximum atomic E-state index is 14.0. The van der Waals surface area contributed by atoms with Crippen molar-refractivity contribution in [3.05, 3.63) is 24.0 Å². The first-order valence-electron chi connectivity index (χ1n) is 6.65. The van der Waals surface area contributed by atoms with E-state index >= 15 is 0 Å². The summed E-state index contributed by atoms with van der Waals surface area (Å²) in [6.07, 6.45) is 0.264. The zero-order valence-electron chi connectivity index (χ0n) is 11.6. The Morgan fingerprint density at radius 1 is 1.43 bits per heavy atom. The van der Waals surface area contributed by atoms with Crippen LogP contribution < -0.4 is 5.73 Å². The Bertz CT molecular complexity index is 675. The number of aromatic nitrogens is 2. The van der Waals surface area contributed by atoms with Gasteiger partial charge in [-0.15, -0.1) is 0 Å². The van der Waals surface area contributed by atoms with Crippen LogP contribution in [0.1, 0.15) is 19.8 Å². The van der Waals surface area contributed by atoms with Crippen LogP contribution in [-0.2, 0) is 0 Å². The molecule has 0 saturated carbocycles. The van der Waals surface area contributed by atoms with Gasteiger partial charge in [-0.25, -0.2) is 14.4 Å². The Balaban J connectivity index is 2.59. The lowest BCUT2D eigenvalue weighted by atomic mass is 10.1. The van der Waals surface area contributed by atoms with E-state index in [9.17, 15) is 14.6 Å². The average Bonchev–Trinajstić information content (AvgIpc) is 2.44. The Hall–Kier alpha value is -2.12. The summed E-state index contributed by atoms with van der Waals surface area (Å²) in [5, 5.41) is 19.4. The summed E-state index contributed by atoms with van der Waals surface area (Å²) in [4.78, 5) is 11.9. The molecule has 0 aliphatic heterocycles. The molecule has 4 N–H and O–H groups in total. The molecule has 0 unspecified atom stereocenters. The van der Waals surface area contributed by atoms with E-state index in [0.717, 1.165) is 6.42 Å². The summed E-state index contributed by atoms with van der Waals surface area (Å²) in [5.41, 5.74) is 6.04. The van der Waals surface area contributed by atoms with Gasteiger partial charge in [-0.05, 0) is 18.6 Å². The lowest BCUT2D eigenvalue weighted by molar-refractivity contribution is 0.218. The number of fused-ring (bicyclic) bond motifs is 1. The molecule has 21 heavy (non-hydrogen) atoms. The molecule has 0 amide bonds. The number of nitrogens with zero attached hydrogens (tertiary/aromatic N) is 3. The van der Waals surface area contributed by atoms with Gasteiger partial charge in [0.25, 0.3) is 0 Å². The molecule has 6 nitrogen and oxygen atoms in total. The third-order valence-corrected chi connectivity index (χ3v) is 3.03. The minimum Gasteiger partial charge on any atom is -0.390 e. The number of hydrogen-bond donors (Lipinski definition) is 3. The first-order chi connectivity index (χ1) is 10.1. The number of halogens is 1. The van der Waals surface area contributed by atoms with Crippen molar-refractivity contribution in [2.75, 3.05) is 12.3 Å². The quantitative estimate of drug-likeness (QED) is 0.726. The molecule has 1 aromatic heterocycles. The predicted octanol–water partition coefficient (Wildman–Crippen LogP) is 1.58. The fourth-order valence-electron chi connectivity index (χ4n) is 2.01. The molecule has 0 fully saturated rings. The topological polar surface area (TPSA) is 105 Å². The van der Waals surface area contributed by atoms with Crippen LogP contribution in [0.5, 0.6) is 0 Å². The van der Waals surface area contributed by atoms with Gasteiger partial charge >= 0.3 is 0 Å². The van der Waals surface area contributed by atoms with Gasteiger partial charge in [0.15, 0.2) is 5.82 Å². The van der Waals surface area contributed by atoms with Crippen LogP contribution in [0, 0.1) is 5.82 Å². The number of aliphatic hydroxyl groups is 2. The maximum Gasteiger partial charge on any atom is 0.222 e. The second kappa shape index (κ2) is 6.55. The molecule has 2 aromatic rings. The number of aliphatic hydroxyl groups excluding tert-OH is 2. The molecule has 2 rings (SSSR count). The molecule has 0 spiro atoms. The van der Waals surface area contributed by atoms with Crippen LogP contribution in [0.15, 0.2) is 23.2 Å². The average molecular weight is 292 g/mol. The number of nitrogens with two attached hydrogens (primary N) is 1. The van der Waals surface area contributed by atoms with Gasteiger partial charge in [0.05, 0.1) is 29.3 Å². The van der Waals surface area contributed by atoms with Crippen LogP contribution in [0.3, 0.4) is 0 Å². The van der Waals surface area contributed by atoms with Crippen molar-refractivity contribution in [3.63, 3.8) is 0 Å². The lowest BCUT2D eigenvalue weighted by Gasteiger charge is -2.11. The van der Waals surface area contributed by atoms with E-state index in [1.165, 1.54) is 12.1 Å². The van der Waals surface area contributed by atoms with E-state index in [4.69, 9.17) is 5.73 Å². The number of aliphatic imine (C=N–C) groups is 1. The van der Waals surface area contributed by atoms with Crippen LogP contribution in [0.2, 0.25) is 0 Å². The van der Waals surface area contributed by atoms with Gasteiger partial charge in [-0.1, -0.05) is 19.4 Å². The fourth-order valence-corrected chi connectivity index (χ4v) is 2.01. The van der Waals surface area contributed by atoms with Gasteiger partial charge in [0.1, 0.15) is 5.82 Å². The highest BCUT2D eigenvalue weighted by atomic mass is 19.1. The lowest BCUT2D eigenvalue weighted by Crippen LogP contribution is -2.23. The highest BCUT2D eigenvalue weighted by Gasteiger charge is 2.15. The molecular weight excluding hydrogens is 275 g/mol. The molecule has 0 aliphatic rings.